The van der Waals surface area contributed by atoms with Crippen molar-refractivity contribution in [3.8, 4) is 0 Å². The molecule has 2 rings (SSSR count). The molecule has 0 spiro atoms. The largest absolute Gasteiger partial charge is 0.467 e. The lowest BCUT2D eigenvalue weighted by atomic mass is 9.91. The number of carbonyl (C=O) groups is 1. The van der Waals surface area contributed by atoms with E-state index in [0.717, 1.165) is 18.6 Å². The fourth-order valence-electron chi connectivity index (χ4n) is 2.63. The van der Waals surface area contributed by atoms with Crippen LogP contribution in [-0.2, 0) is 10.0 Å². The molecule has 0 aromatic carbocycles. The Bertz CT molecular complexity index is 585. The van der Waals surface area contributed by atoms with Crippen LogP contribution in [0.4, 0.5) is 4.79 Å². The van der Waals surface area contributed by atoms with Gasteiger partial charge in [0.15, 0.2) is 0 Å². The van der Waals surface area contributed by atoms with Gasteiger partial charge in [0.25, 0.3) is 0 Å². The van der Waals surface area contributed by atoms with E-state index in [0.29, 0.717) is 12.5 Å². The van der Waals surface area contributed by atoms with Crippen LogP contribution in [0, 0.1) is 5.92 Å². The fraction of sp³-hybridized carbons (Fsp3) is 0.643. The molecule has 1 aromatic rings. The van der Waals surface area contributed by atoms with E-state index in [2.05, 4.69) is 17.0 Å². The highest BCUT2D eigenvalue weighted by Gasteiger charge is 2.32. The molecule has 2 atom stereocenters. The Morgan fingerprint density at radius 1 is 1.50 bits per heavy atom. The van der Waals surface area contributed by atoms with Crippen LogP contribution in [0.1, 0.15) is 31.6 Å². The highest BCUT2D eigenvalue weighted by Crippen LogP contribution is 2.34. The zero-order valence-corrected chi connectivity index (χ0v) is 13.7. The zero-order valence-electron chi connectivity index (χ0n) is 12.9. The molecule has 1 fully saturated rings. The number of likely N-dealkylation sites (tertiary alicyclic amines) is 1. The molecule has 7 nitrogen and oxygen atoms in total. The normalized spacial score (nSPS) is 22.5. The van der Waals surface area contributed by atoms with E-state index in [9.17, 15) is 13.2 Å². The molecule has 8 heteroatoms. The van der Waals surface area contributed by atoms with E-state index in [1.54, 1.807) is 11.2 Å². The van der Waals surface area contributed by atoms with Gasteiger partial charge in [0, 0.05) is 13.1 Å². The second-order valence-corrected chi connectivity index (χ2v) is 7.66. The maximum Gasteiger partial charge on any atom is 0.318 e. The predicted molar refractivity (Wildman–Crippen MR) is 82.8 cm³/mol. The topological polar surface area (TPSA) is 91.7 Å². The van der Waals surface area contributed by atoms with Crippen molar-refractivity contribution in [1.29, 1.82) is 0 Å². The van der Waals surface area contributed by atoms with Gasteiger partial charge in [-0.05, 0) is 37.9 Å². The van der Waals surface area contributed by atoms with Crippen LogP contribution in [0.25, 0.3) is 0 Å². The molecule has 2 amide bonds. The van der Waals surface area contributed by atoms with E-state index in [1.807, 2.05) is 12.1 Å². The monoisotopic (exact) mass is 329 g/mol. The van der Waals surface area contributed by atoms with Crippen LogP contribution < -0.4 is 10.0 Å². The Labute approximate surface area is 131 Å². The third kappa shape index (κ3) is 4.23. The molecule has 1 saturated heterocycles. The smallest absolute Gasteiger partial charge is 0.318 e. The number of hydrogen-bond donors (Lipinski definition) is 2. The van der Waals surface area contributed by atoms with Crippen molar-refractivity contribution in [3.05, 3.63) is 24.2 Å². The van der Waals surface area contributed by atoms with Gasteiger partial charge in [-0.3, -0.25) is 0 Å². The summed E-state index contributed by atoms with van der Waals surface area (Å²) in [6.07, 6.45) is 3.37. The van der Waals surface area contributed by atoms with Gasteiger partial charge in [0.2, 0.25) is 10.0 Å². The Kier molecular flexibility index (Phi) is 5.47. The van der Waals surface area contributed by atoms with Crippen molar-refractivity contribution in [2.75, 3.05) is 25.9 Å². The summed E-state index contributed by atoms with van der Waals surface area (Å²) in [5, 5.41) is 2.68. The summed E-state index contributed by atoms with van der Waals surface area (Å²) in [6.45, 7) is 2.88. The minimum Gasteiger partial charge on any atom is -0.467 e. The van der Waals surface area contributed by atoms with E-state index in [-0.39, 0.29) is 24.4 Å². The summed E-state index contributed by atoms with van der Waals surface area (Å²) < 4.78 is 30.4. The summed E-state index contributed by atoms with van der Waals surface area (Å²) in [5.41, 5.74) is 0. The maximum atomic E-state index is 12.3. The SMILES string of the molecule is CNS(=O)(=O)CCNC(=O)N1CC[C@H](C)C[C@H]1c1ccco1. The summed E-state index contributed by atoms with van der Waals surface area (Å²) in [4.78, 5) is 14.1. The lowest BCUT2D eigenvalue weighted by molar-refractivity contribution is 0.120. The average Bonchev–Trinajstić information content (AvgIpc) is 3.01. The second kappa shape index (κ2) is 7.15. The number of urea groups is 1. The third-order valence-electron chi connectivity index (χ3n) is 3.96. The Balaban J connectivity index is 1.97. The lowest BCUT2D eigenvalue weighted by Crippen LogP contribution is -2.47. The van der Waals surface area contributed by atoms with Crippen LogP contribution >= 0.6 is 0 Å². The number of nitrogens with zero attached hydrogens (tertiary/aromatic N) is 1. The molecule has 0 bridgehead atoms. The quantitative estimate of drug-likeness (QED) is 0.852. The van der Waals surface area contributed by atoms with Crippen LogP contribution in [0.5, 0.6) is 0 Å². The second-order valence-electron chi connectivity index (χ2n) is 5.61. The zero-order chi connectivity index (χ0) is 16.2. The molecule has 0 unspecified atom stereocenters. The molecule has 124 valence electrons. The number of sulfonamides is 1. The first-order valence-electron chi connectivity index (χ1n) is 7.42. The molecule has 2 N–H and O–H groups in total. The molecule has 1 aromatic heterocycles. The van der Waals surface area contributed by atoms with E-state index >= 15 is 0 Å². The van der Waals surface area contributed by atoms with Gasteiger partial charge >= 0.3 is 6.03 Å². The van der Waals surface area contributed by atoms with Crippen molar-refractivity contribution in [3.63, 3.8) is 0 Å². The Morgan fingerprint density at radius 2 is 2.27 bits per heavy atom. The maximum absolute atomic E-state index is 12.3. The Morgan fingerprint density at radius 3 is 2.91 bits per heavy atom. The number of amides is 2. The molecule has 1 aliphatic heterocycles. The molecular weight excluding hydrogens is 306 g/mol. The number of hydrogen-bond acceptors (Lipinski definition) is 4. The van der Waals surface area contributed by atoms with E-state index in [1.165, 1.54) is 7.05 Å². The standard InChI is InChI=1S/C14H23N3O4S/c1-11-5-7-17(12(10-11)13-4-3-8-21-13)14(18)16-6-9-22(19,20)15-2/h3-4,8,11-12,15H,5-7,9-10H2,1-2H3,(H,16,18)/t11-,12-/m0/s1. The minimum atomic E-state index is -3.31. The van der Waals surface area contributed by atoms with Crippen molar-refractivity contribution >= 4 is 16.1 Å². The molecule has 1 aliphatic rings. The molecular formula is C14H23N3O4S. The summed E-state index contributed by atoms with van der Waals surface area (Å²) in [7, 11) is -1.96. The molecule has 0 aliphatic carbocycles. The van der Waals surface area contributed by atoms with Crippen LogP contribution in [0.15, 0.2) is 22.8 Å². The van der Waals surface area contributed by atoms with Gasteiger partial charge in [0.05, 0.1) is 18.1 Å². The van der Waals surface area contributed by atoms with Gasteiger partial charge in [-0.1, -0.05) is 6.92 Å². The van der Waals surface area contributed by atoms with Crippen molar-refractivity contribution < 1.29 is 17.6 Å². The van der Waals surface area contributed by atoms with Crippen molar-refractivity contribution in [1.82, 2.24) is 14.9 Å². The predicted octanol–water partition coefficient (Wildman–Crippen LogP) is 1.31. The van der Waals surface area contributed by atoms with Crippen LogP contribution in [0.3, 0.4) is 0 Å². The number of furan rings is 1. The summed E-state index contributed by atoms with van der Waals surface area (Å²) in [6, 6.07) is 3.33. The number of nitrogens with one attached hydrogen (secondary N) is 2. The van der Waals surface area contributed by atoms with Crippen molar-refractivity contribution in [2.24, 2.45) is 5.92 Å². The first-order chi connectivity index (χ1) is 10.4. The van der Waals surface area contributed by atoms with Crippen molar-refractivity contribution in [2.45, 2.75) is 25.8 Å². The first kappa shape index (κ1) is 16.8. The molecule has 0 saturated carbocycles. The highest BCUT2D eigenvalue weighted by atomic mass is 32.2. The minimum absolute atomic E-state index is 0.0823. The Hall–Kier alpha value is -1.54. The fourth-order valence-corrected chi connectivity index (χ4v) is 3.21. The van der Waals surface area contributed by atoms with Gasteiger partial charge in [-0.15, -0.1) is 0 Å². The molecule has 0 radical (unpaired) electrons. The summed E-state index contributed by atoms with van der Waals surface area (Å²) >= 11 is 0. The third-order valence-corrected chi connectivity index (χ3v) is 5.32. The lowest BCUT2D eigenvalue weighted by Gasteiger charge is -2.37. The van der Waals surface area contributed by atoms with Gasteiger partial charge in [-0.25, -0.2) is 17.9 Å². The first-order valence-corrected chi connectivity index (χ1v) is 9.07. The van der Waals surface area contributed by atoms with Gasteiger partial charge in [-0.2, -0.15) is 0 Å². The average molecular weight is 329 g/mol. The summed E-state index contributed by atoms with van der Waals surface area (Å²) in [5.74, 6) is 1.15. The van der Waals surface area contributed by atoms with Gasteiger partial charge in [0.1, 0.15) is 5.76 Å². The number of carbonyl (C=O) groups excluding carboxylic acids is 1. The number of piperidine rings is 1. The van der Waals surface area contributed by atoms with Crippen LogP contribution in [-0.4, -0.2) is 45.2 Å². The highest BCUT2D eigenvalue weighted by molar-refractivity contribution is 7.89. The number of rotatable bonds is 5. The van der Waals surface area contributed by atoms with Crippen LogP contribution in [0.2, 0.25) is 0 Å². The molecule has 2 heterocycles. The molecule has 22 heavy (non-hydrogen) atoms. The van der Waals surface area contributed by atoms with E-state index < -0.39 is 10.0 Å². The van der Waals surface area contributed by atoms with Gasteiger partial charge < -0.3 is 14.6 Å². The van der Waals surface area contributed by atoms with E-state index in [4.69, 9.17) is 4.42 Å².